The number of hydrogen-bond acceptors (Lipinski definition) is 6. The summed E-state index contributed by atoms with van der Waals surface area (Å²) in [6.07, 6.45) is -0.418. The molecule has 0 aromatic heterocycles. The molecule has 3 rings (SSSR count). The van der Waals surface area contributed by atoms with E-state index in [0.29, 0.717) is 17.1 Å². The molecule has 0 saturated carbocycles. The van der Waals surface area contributed by atoms with Gasteiger partial charge >= 0.3 is 5.97 Å². The molecule has 0 aliphatic carbocycles. The van der Waals surface area contributed by atoms with E-state index in [4.69, 9.17) is 14.2 Å². The van der Waals surface area contributed by atoms with Gasteiger partial charge in [0.25, 0.3) is 0 Å². The zero-order valence-electron chi connectivity index (χ0n) is 15.1. The summed E-state index contributed by atoms with van der Waals surface area (Å²) < 4.78 is 43.1. The van der Waals surface area contributed by atoms with Crippen LogP contribution in [0.5, 0.6) is 11.5 Å². The summed E-state index contributed by atoms with van der Waals surface area (Å²) in [7, 11) is -2.24. The van der Waals surface area contributed by atoms with Crippen molar-refractivity contribution in [3.63, 3.8) is 0 Å². The van der Waals surface area contributed by atoms with Crippen LogP contribution < -0.4 is 9.47 Å². The standard InChI is InChI=1S/C19H21NO6S/c1-3-24-19(21)14-8-10-16(11-9-14)27(22,23)20(2)12-15-13-25-17-6-4-5-7-18(17)26-15/h4-11,15H,3,12-13H2,1-2H3/t15-/m0/s1. The van der Waals surface area contributed by atoms with Gasteiger partial charge in [-0.3, -0.25) is 0 Å². The third kappa shape index (κ3) is 4.23. The molecule has 0 amide bonds. The van der Waals surface area contributed by atoms with Gasteiger partial charge in [-0.05, 0) is 43.3 Å². The molecule has 0 radical (unpaired) electrons. The van der Waals surface area contributed by atoms with E-state index in [9.17, 15) is 13.2 Å². The zero-order chi connectivity index (χ0) is 19.4. The van der Waals surface area contributed by atoms with Crippen molar-refractivity contribution in [2.45, 2.75) is 17.9 Å². The van der Waals surface area contributed by atoms with Crippen molar-refractivity contribution in [1.29, 1.82) is 0 Å². The molecule has 0 bridgehead atoms. The zero-order valence-corrected chi connectivity index (χ0v) is 15.9. The van der Waals surface area contributed by atoms with Gasteiger partial charge in [-0.2, -0.15) is 4.31 Å². The quantitative estimate of drug-likeness (QED) is 0.703. The fraction of sp³-hybridized carbons (Fsp3) is 0.316. The third-order valence-corrected chi connectivity index (χ3v) is 5.94. The highest BCUT2D eigenvalue weighted by atomic mass is 32.2. The van der Waals surface area contributed by atoms with Gasteiger partial charge in [0.05, 0.1) is 23.6 Å². The second-order valence-corrected chi connectivity index (χ2v) is 8.07. The largest absolute Gasteiger partial charge is 0.486 e. The molecule has 1 aliphatic heterocycles. The summed E-state index contributed by atoms with van der Waals surface area (Å²) in [6.45, 7) is 2.37. The molecule has 2 aromatic carbocycles. The maximum absolute atomic E-state index is 12.8. The Kier molecular flexibility index (Phi) is 5.67. The maximum Gasteiger partial charge on any atom is 0.338 e. The van der Waals surface area contributed by atoms with Crippen molar-refractivity contribution in [2.75, 3.05) is 26.8 Å². The number of para-hydroxylation sites is 2. The number of rotatable bonds is 6. The highest BCUT2D eigenvalue weighted by molar-refractivity contribution is 7.89. The van der Waals surface area contributed by atoms with Crippen LogP contribution >= 0.6 is 0 Å². The van der Waals surface area contributed by atoms with E-state index in [1.54, 1.807) is 19.1 Å². The Balaban J connectivity index is 1.69. The van der Waals surface area contributed by atoms with Crippen LogP contribution in [-0.4, -0.2) is 51.6 Å². The molecule has 0 saturated heterocycles. The maximum atomic E-state index is 12.8. The minimum atomic E-state index is -3.72. The summed E-state index contributed by atoms with van der Waals surface area (Å²) in [5, 5.41) is 0. The van der Waals surface area contributed by atoms with Gasteiger partial charge < -0.3 is 14.2 Å². The number of ether oxygens (including phenoxy) is 3. The van der Waals surface area contributed by atoms with Crippen LogP contribution in [0.25, 0.3) is 0 Å². The van der Waals surface area contributed by atoms with Crippen molar-refractivity contribution in [3.8, 4) is 11.5 Å². The lowest BCUT2D eigenvalue weighted by Gasteiger charge is -2.29. The van der Waals surface area contributed by atoms with E-state index < -0.39 is 22.1 Å². The highest BCUT2D eigenvalue weighted by Crippen LogP contribution is 2.31. The van der Waals surface area contributed by atoms with Crippen LogP contribution in [-0.2, 0) is 14.8 Å². The molecule has 0 unspecified atom stereocenters. The van der Waals surface area contributed by atoms with Gasteiger partial charge in [0, 0.05) is 7.05 Å². The number of benzene rings is 2. The van der Waals surface area contributed by atoms with Crippen LogP contribution in [0.1, 0.15) is 17.3 Å². The number of carbonyl (C=O) groups excluding carboxylic acids is 1. The number of sulfonamides is 1. The molecular weight excluding hydrogens is 370 g/mol. The first kappa shape index (κ1) is 19.2. The van der Waals surface area contributed by atoms with E-state index in [1.165, 1.54) is 35.6 Å². The average Bonchev–Trinajstić information content (AvgIpc) is 2.68. The fourth-order valence-electron chi connectivity index (χ4n) is 2.70. The normalized spacial score (nSPS) is 16.2. The predicted octanol–water partition coefficient (Wildman–Crippen LogP) is 2.32. The van der Waals surface area contributed by atoms with Crippen molar-refractivity contribution in [2.24, 2.45) is 0 Å². The Morgan fingerprint density at radius 2 is 1.81 bits per heavy atom. The van der Waals surface area contributed by atoms with E-state index in [2.05, 4.69) is 0 Å². The molecule has 0 N–H and O–H groups in total. The Hall–Kier alpha value is -2.58. The Morgan fingerprint density at radius 1 is 1.15 bits per heavy atom. The minimum Gasteiger partial charge on any atom is -0.486 e. The average molecular weight is 391 g/mol. The second kappa shape index (κ2) is 7.98. The van der Waals surface area contributed by atoms with Gasteiger partial charge in [0.2, 0.25) is 10.0 Å². The van der Waals surface area contributed by atoms with Crippen molar-refractivity contribution >= 4 is 16.0 Å². The molecule has 1 heterocycles. The number of carbonyl (C=O) groups is 1. The van der Waals surface area contributed by atoms with E-state index in [1.807, 2.05) is 12.1 Å². The fourth-order valence-corrected chi connectivity index (χ4v) is 3.90. The van der Waals surface area contributed by atoms with E-state index >= 15 is 0 Å². The van der Waals surface area contributed by atoms with Crippen LogP contribution in [0.4, 0.5) is 0 Å². The van der Waals surface area contributed by atoms with Crippen LogP contribution in [0.3, 0.4) is 0 Å². The lowest BCUT2D eigenvalue weighted by atomic mass is 10.2. The van der Waals surface area contributed by atoms with Crippen LogP contribution in [0, 0.1) is 0 Å². The monoisotopic (exact) mass is 391 g/mol. The highest BCUT2D eigenvalue weighted by Gasteiger charge is 2.28. The van der Waals surface area contributed by atoms with Gasteiger partial charge in [0.15, 0.2) is 11.5 Å². The molecule has 7 nitrogen and oxygen atoms in total. The summed E-state index contributed by atoms with van der Waals surface area (Å²) in [4.78, 5) is 11.8. The van der Waals surface area contributed by atoms with Gasteiger partial charge in [-0.1, -0.05) is 12.1 Å². The van der Waals surface area contributed by atoms with Gasteiger partial charge in [0.1, 0.15) is 12.7 Å². The number of nitrogens with zero attached hydrogens (tertiary/aromatic N) is 1. The summed E-state index contributed by atoms with van der Waals surface area (Å²) in [5.74, 6) is 0.758. The molecule has 0 spiro atoms. The summed E-state index contributed by atoms with van der Waals surface area (Å²) in [5.41, 5.74) is 0.305. The molecular formula is C19H21NO6S. The molecule has 1 aliphatic rings. The number of fused-ring (bicyclic) bond motifs is 1. The van der Waals surface area contributed by atoms with Crippen molar-refractivity contribution in [1.82, 2.24) is 4.31 Å². The molecule has 8 heteroatoms. The molecule has 0 fully saturated rings. The molecule has 2 aromatic rings. The van der Waals surface area contributed by atoms with Crippen molar-refractivity contribution < 1.29 is 27.4 Å². The first-order chi connectivity index (χ1) is 12.9. The number of likely N-dealkylation sites (N-methyl/N-ethyl adjacent to an activating group) is 1. The number of esters is 1. The first-order valence-electron chi connectivity index (χ1n) is 8.54. The lowest BCUT2D eigenvalue weighted by molar-refractivity contribution is 0.0526. The Bertz CT molecular complexity index is 910. The Labute approximate surface area is 158 Å². The smallest absolute Gasteiger partial charge is 0.338 e. The van der Waals surface area contributed by atoms with Gasteiger partial charge in [-0.15, -0.1) is 0 Å². The molecule has 1 atom stereocenters. The predicted molar refractivity (Wildman–Crippen MR) is 98.6 cm³/mol. The first-order valence-corrected chi connectivity index (χ1v) is 9.98. The second-order valence-electron chi connectivity index (χ2n) is 6.03. The molecule has 144 valence electrons. The van der Waals surface area contributed by atoms with Crippen LogP contribution in [0.2, 0.25) is 0 Å². The Morgan fingerprint density at radius 3 is 2.48 bits per heavy atom. The van der Waals surface area contributed by atoms with E-state index in [-0.39, 0.29) is 24.7 Å². The lowest BCUT2D eigenvalue weighted by Crippen LogP contribution is -2.41. The summed E-state index contributed by atoms with van der Waals surface area (Å²) >= 11 is 0. The number of hydrogen-bond donors (Lipinski definition) is 0. The topological polar surface area (TPSA) is 82.1 Å². The van der Waals surface area contributed by atoms with Crippen molar-refractivity contribution in [3.05, 3.63) is 54.1 Å². The van der Waals surface area contributed by atoms with Crippen LogP contribution in [0.15, 0.2) is 53.4 Å². The minimum absolute atomic E-state index is 0.0928. The van der Waals surface area contributed by atoms with E-state index in [0.717, 1.165) is 0 Å². The van der Waals surface area contributed by atoms with Gasteiger partial charge in [-0.25, -0.2) is 13.2 Å². The third-order valence-electron chi connectivity index (χ3n) is 4.10. The molecule has 27 heavy (non-hydrogen) atoms. The SMILES string of the molecule is CCOC(=O)c1ccc(S(=O)(=O)N(C)C[C@H]2COc3ccccc3O2)cc1. The summed E-state index contributed by atoms with van der Waals surface area (Å²) in [6, 6.07) is 12.9.